The fourth-order valence-electron chi connectivity index (χ4n) is 5.19. The van der Waals surface area contributed by atoms with E-state index in [-0.39, 0.29) is 24.0 Å². The van der Waals surface area contributed by atoms with Crippen molar-refractivity contribution in [1.29, 1.82) is 0 Å². The Balaban J connectivity index is 1.34. The lowest BCUT2D eigenvalue weighted by Crippen LogP contribution is -2.44. The summed E-state index contributed by atoms with van der Waals surface area (Å²) in [6.45, 7) is 5.90. The molecular formula is C22H26N2O4. The van der Waals surface area contributed by atoms with Crippen molar-refractivity contribution in [2.45, 2.75) is 44.4 Å². The Bertz CT molecular complexity index is 866. The standard InChI is InChI=1S/C22H26N2O4/c1-3-24-12-22-9-8-17(28-22)18(19(22)21(24)26)20(25)23-13(2)14-6-7-16-15(11-14)5-4-10-27-16/h6-9,11,13,17-19H,3-5,10,12H2,1-2H3,(H,23,25)/t13-,17-,18+,19+,22-/m1/s1. The molecule has 4 aliphatic heterocycles. The summed E-state index contributed by atoms with van der Waals surface area (Å²) in [6, 6.07) is 5.98. The first-order chi connectivity index (χ1) is 13.5. The first-order valence-electron chi connectivity index (χ1n) is 10.2. The van der Waals surface area contributed by atoms with Crippen LogP contribution in [0.25, 0.3) is 0 Å². The molecule has 0 radical (unpaired) electrons. The number of likely N-dealkylation sites (tertiary alicyclic amines) is 1. The fourth-order valence-corrected chi connectivity index (χ4v) is 5.19. The van der Waals surface area contributed by atoms with Crippen LogP contribution in [0, 0.1) is 11.8 Å². The minimum atomic E-state index is -0.619. The van der Waals surface area contributed by atoms with Crippen LogP contribution in [0.4, 0.5) is 0 Å². The second-order valence-corrected chi connectivity index (χ2v) is 8.30. The third-order valence-corrected chi connectivity index (χ3v) is 6.65. The molecule has 0 unspecified atom stereocenters. The van der Waals surface area contributed by atoms with Gasteiger partial charge in [-0.25, -0.2) is 0 Å². The Hall–Kier alpha value is -2.34. The number of fused-ring (bicyclic) bond motifs is 2. The van der Waals surface area contributed by atoms with Crippen molar-refractivity contribution in [3.05, 3.63) is 41.5 Å². The van der Waals surface area contributed by atoms with Crippen molar-refractivity contribution in [2.75, 3.05) is 19.7 Å². The predicted octanol–water partition coefficient (Wildman–Crippen LogP) is 1.99. The van der Waals surface area contributed by atoms with Gasteiger partial charge in [0.25, 0.3) is 0 Å². The third kappa shape index (κ3) is 2.50. The lowest BCUT2D eigenvalue weighted by molar-refractivity contribution is -0.137. The van der Waals surface area contributed by atoms with E-state index in [4.69, 9.17) is 9.47 Å². The van der Waals surface area contributed by atoms with Crippen molar-refractivity contribution in [2.24, 2.45) is 11.8 Å². The van der Waals surface area contributed by atoms with Crippen LogP contribution in [-0.4, -0.2) is 48.1 Å². The highest BCUT2D eigenvalue weighted by atomic mass is 16.5. The Morgan fingerprint density at radius 3 is 3.11 bits per heavy atom. The number of aryl methyl sites for hydroxylation is 1. The van der Waals surface area contributed by atoms with E-state index in [9.17, 15) is 9.59 Å². The molecule has 0 aliphatic carbocycles. The topological polar surface area (TPSA) is 67.9 Å². The molecule has 1 N–H and O–H groups in total. The van der Waals surface area contributed by atoms with Crippen molar-refractivity contribution in [3.63, 3.8) is 0 Å². The minimum Gasteiger partial charge on any atom is -0.493 e. The summed E-state index contributed by atoms with van der Waals surface area (Å²) in [5.74, 6) is 0.00411. The zero-order valence-corrected chi connectivity index (χ0v) is 16.3. The van der Waals surface area contributed by atoms with Crippen molar-refractivity contribution in [1.82, 2.24) is 10.2 Å². The summed E-state index contributed by atoms with van der Waals surface area (Å²) in [7, 11) is 0. The average Bonchev–Trinajstić information content (AvgIpc) is 3.35. The maximum atomic E-state index is 13.2. The Morgan fingerprint density at radius 1 is 1.43 bits per heavy atom. The van der Waals surface area contributed by atoms with Gasteiger partial charge in [-0.15, -0.1) is 0 Å². The number of hydrogen-bond donors (Lipinski definition) is 1. The van der Waals surface area contributed by atoms with Gasteiger partial charge in [0.05, 0.1) is 37.1 Å². The van der Waals surface area contributed by atoms with Gasteiger partial charge in [-0.05, 0) is 43.9 Å². The summed E-state index contributed by atoms with van der Waals surface area (Å²) >= 11 is 0. The van der Waals surface area contributed by atoms with Crippen molar-refractivity contribution >= 4 is 11.8 Å². The lowest BCUT2D eigenvalue weighted by atomic mass is 9.76. The van der Waals surface area contributed by atoms with Gasteiger partial charge in [0.2, 0.25) is 11.8 Å². The van der Waals surface area contributed by atoms with Crippen LogP contribution < -0.4 is 10.1 Å². The molecule has 4 aliphatic rings. The maximum absolute atomic E-state index is 13.2. The second-order valence-electron chi connectivity index (χ2n) is 8.30. The summed E-state index contributed by atoms with van der Waals surface area (Å²) in [4.78, 5) is 27.8. The predicted molar refractivity (Wildman–Crippen MR) is 103 cm³/mol. The minimum absolute atomic E-state index is 0.0353. The Labute approximate surface area is 164 Å². The van der Waals surface area contributed by atoms with Gasteiger partial charge in [0, 0.05) is 6.54 Å². The molecule has 6 nitrogen and oxygen atoms in total. The summed E-state index contributed by atoms with van der Waals surface area (Å²) in [6.07, 6.45) is 5.65. The number of hydrogen-bond acceptors (Lipinski definition) is 4. The monoisotopic (exact) mass is 382 g/mol. The lowest BCUT2D eigenvalue weighted by Gasteiger charge is -2.26. The van der Waals surface area contributed by atoms with Crippen LogP contribution in [0.15, 0.2) is 30.4 Å². The number of nitrogens with zero attached hydrogens (tertiary/aromatic N) is 1. The van der Waals surface area contributed by atoms with Gasteiger partial charge in [0.15, 0.2) is 0 Å². The number of benzene rings is 1. The van der Waals surface area contributed by atoms with Crippen LogP contribution in [0.3, 0.4) is 0 Å². The first-order valence-corrected chi connectivity index (χ1v) is 10.2. The zero-order valence-electron chi connectivity index (χ0n) is 16.3. The number of nitrogens with one attached hydrogen (secondary N) is 1. The van der Waals surface area contributed by atoms with E-state index in [0.29, 0.717) is 13.1 Å². The largest absolute Gasteiger partial charge is 0.493 e. The molecule has 0 aromatic heterocycles. The van der Waals surface area contributed by atoms with Crippen LogP contribution in [0.2, 0.25) is 0 Å². The zero-order chi connectivity index (χ0) is 19.5. The van der Waals surface area contributed by atoms with Gasteiger partial charge in [-0.1, -0.05) is 24.3 Å². The Morgan fingerprint density at radius 2 is 2.29 bits per heavy atom. The average molecular weight is 382 g/mol. The molecule has 2 fully saturated rings. The van der Waals surface area contributed by atoms with E-state index in [0.717, 1.165) is 30.8 Å². The highest BCUT2D eigenvalue weighted by Gasteiger charge is 2.66. The molecule has 2 amide bonds. The number of amides is 2. The molecule has 148 valence electrons. The molecule has 28 heavy (non-hydrogen) atoms. The molecule has 5 atom stereocenters. The number of likely N-dealkylation sites (N-methyl/N-ethyl adjacent to an activating group) is 1. The number of carbonyl (C=O) groups excluding carboxylic acids is 2. The molecule has 6 heteroatoms. The third-order valence-electron chi connectivity index (χ3n) is 6.65. The molecular weight excluding hydrogens is 356 g/mol. The van der Waals surface area contributed by atoms with Gasteiger partial charge in [-0.2, -0.15) is 0 Å². The van der Waals surface area contributed by atoms with E-state index in [2.05, 4.69) is 11.4 Å². The van der Waals surface area contributed by atoms with Crippen LogP contribution in [-0.2, 0) is 20.7 Å². The van der Waals surface area contributed by atoms with Gasteiger partial charge in [0.1, 0.15) is 11.4 Å². The SMILES string of the molecule is CCN1C[C@@]23C=C[C@@H](O2)[C@H](C(=O)N[C@H](C)c2ccc4c(c2)CCCO4)[C@H]3C1=O. The van der Waals surface area contributed by atoms with E-state index in [1.54, 1.807) is 4.90 Å². The summed E-state index contributed by atoms with van der Waals surface area (Å²) in [5.41, 5.74) is 1.63. The van der Waals surface area contributed by atoms with Gasteiger partial charge < -0.3 is 19.7 Å². The Kier molecular flexibility index (Phi) is 4.02. The highest BCUT2D eigenvalue weighted by molar-refractivity contribution is 5.93. The van der Waals surface area contributed by atoms with E-state index < -0.39 is 17.4 Å². The fraction of sp³-hybridized carbons (Fsp3) is 0.545. The molecule has 2 bridgehead atoms. The molecule has 0 saturated carbocycles. The molecule has 1 aromatic carbocycles. The van der Waals surface area contributed by atoms with Gasteiger partial charge >= 0.3 is 0 Å². The van der Waals surface area contributed by atoms with Crippen LogP contribution in [0.1, 0.15) is 37.4 Å². The first kappa shape index (κ1) is 17.7. The summed E-state index contributed by atoms with van der Waals surface area (Å²) < 4.78 is 11.8. The maximum Gasteiger partial charge on any atom is 0.230 e. The van der Waals surface area contributed by atoms with E-state index in [1.807, 2.05) is 38.1 Å². The number of ether oxygens (including phenoxy) is 2. The van der Waals surface area contributed by atoms with Crippen molar-refractivity contribution in [3.8, 4) is 5.75 Å². The van der Waals surface area contributed by atoms with Crippen LogP contribution in [0.5, 0.6) is 5.75 Å². The van der Waals surface area contributed by atoms with E-state index >= 15 is 0 Å². The normalized spacial score (nSPS) is 33.4. The van der Waals surface area contributed by atoms with Crippen LogP contribution >= 0.6 is 0 Å². The molecule has 4 heterocycles. The molecule has 1 spiro atoms. The second kappa shape index (κ2) is 6.34. The molecule has 1 aromatic rings. The quantitative estimate of drug-likeness (QED) is 0.809. The van der Waals surface area contributed by atoms with Gasteiger partial charge in [-0.3, -0.25) is 9.59 Å². The number of rotatable bonds is 4. The molecule has 5 rings (SSSR count). The smallest absolute Gasteiger partial charge is 0.230 e. The van der Waals surface area contributed by atoms with E-state index in [1.165, 1.54) is 5.56 Å². The van der Waals surface area contributed by atoms with Crippen molar-refractivity contribution < 1.29 is 19.1 Å². The highest BCUT2D eigenvalue weighted by Crippen LogP contribution is 2.51. The number of carbonyl (C=O) groups is 2. The summed E-state index contributed by atoms with van der Waals surface area (Å²) in [5, 5.41) is 3.13. The molecule has 2 saturated heterocycles.